The normalized spacial score (nSPS) is 12.3. The van der Waals surface area contributed by atoms with Gasteiger partial charge in [0.05, 0.1) is 12.2 Å². The molecule has 0 aliphatic rings. The van der Waals surface area contributed by atoms with Crippen molar-refractivity contribution >= 4 is 17.0 Å². The number of rotatable bonds is 5. The second-order valence-electron chi connectivity index (χ2n) is 6.83. The van der Waals surface area contributed by atoms with Crippen molar-refractivity contribution in [3.8, 4) is 11.1 Å². The van der Waals surface area contributed by atoms with Gasteiger partial charge in [0, 0.05) is 29.5 Å². The predicted octanol–water partition coefficient (Wildman–Crippen LogP) is 5.45. The van der Waals surface area contributed by atoms with Gasteiger partial charge in [0.25, 0.3) is 0 Å². The summed E-state index contributed by atoms with van der Waals surface area (Å²) in [7, 11) is 0. The van der Waals surface area contributed by atoms with E-state index in [0.717, 1.165) is 35.0 Å². The minimum absolute atomic E-state index is 0.272. The molecule has 3 aromatic heterocycles. The van der Waals surface area contributed by atoms with E-state index in [4.69, 9.17) is 9.90 Å². The lowest BCUT2D eigenvalue weighted by Crippen LogP contribution is -2.21. The monoisotopic (exact) mass is 430 g/mol. The molecule has 31 heavy (non-hydrogen) atoms. The van der Waals surface area contributed by atoms with Crippen molar-refractivity contribution in [3.63, 3.8) is 0 Å². The van der Waals surface area contributed by atoms with E-state index < -0.39 is 12.1 Å². The van der Waals surface area contributed by atoms with Gasteiger partial charge < -0.3 is 10.1 Å². The Balaban J connectivity index is 0.000000339. The highest BCUT2D eigenvalue weighted by atomic mass is 19.4. The maximum absolute atomic E-state index is 10.6. The Kier molecular flexibility index (Phi) is 6.74. The summed E-state index contributed by atoms with van der Waals surface area (Å²) in [5, 5.41) is 12.9. The van der Waals surface area contributed by atoms with E-state index in [1.54, 1.807) is 0 Å². The molecule has 9 heteroatoms. The minimum atomic E-state index is -5.08. The maximum Gasteiger partial charge on any atom is 0.490 e. The fourth-order valence-electron chi connectivity index (χ4n) is 3.26. The standard InChI is InChI=1S/C20H20N4.C2HF3O2/c1-2-6-19(15-7-4-3-5-8-15)24-14-16(13-23-24)17-9-11-21-20-18(17)10-12-22-20;3-2(4,5)1(6)7/h3-5,7-14,19H,2,6H2,1H3,(H,21,22);(H,6,7)/t19-;/m1./s1. The number of fused-ring (bicyclic) bond motifs is 1. The highest BCUT2D eigenvalue weighted by Crippen LogP contribution is 2.29. The molecule has 0 aliphatic carbocycles. The summed E-state index contributed by atoms with van der Waals surface area (Å²) in [6.07, 6.45) is 4.97. The van der Waals surface area contributed by atoms with Crippen molar-refractivity contribution in [2.75, 3.05) is 0 Å². The number of aliphatic carboxylic acids is 1. The van der Waals surface area contributed by atoms with Crippen LogP contribution in [0.2, 0.25) is 0 Å². The van der Waals surface area contributed by atoms with E-state index in [1.165, 1.54) is 5.56 Å². The zero-order valence-electron chi connectivity index (χ0n) is 16.7. The first-order valence-corrected chi connectivity index (χ1v) is 9.63. The van der Waals surface area contributed by atoms with Crippen molar-refractivity contribution in [2.45, 2.75) is 32.0 Å². The maximum atomic E-state index is 10.6. The zero-order valence-corrected chi connectivity index (χ0v) is 16.7. The SMILES string of the molecule is CCC[C@H](c1ccccc1)n1cc(-c2ccnc3[nH]ccc23)cn1.O=C(O)C(F)(F)F. The van der Waals surface area contributed by atoms with Crippen LogP contribution in [0.25, 0.3) is 22.2 Å². The number of alkyl halides is 3. The summed E-state index contributed by atoms with van der Waals surface area (Å²) >= 11 is 0. The number of benzene rings is 1. The van der Waals surface area contributed by atoms with Crippen LogP contribution in [0.1, 0.15) is 31.4 Å². The number of hydrogen-bond donors (Lipinski definition) is 2. The average Bonchev–Trinajstić information content (AvgIpc) is 3.42. The average molecular weight is 430 g/mol. The molecule has 1 atom stereocenters. The van der Waals surface area contributed by atoms with Crippen molar-refractivity contribution in [3.05, 3.63) is 72.8 Å². The van der Waals surface area contributed by atoms with Crippen LogP contribution in [0.15, 0.2) is 67.3 Å². The lowest BCUT2D eigenvalue weighted by atomic mass is 10.0. The van der Waals surface area contributed by atoms with Crippen LogP contribution in [-0.2, 0) is 4.79 Å². The molecule has 0 bridgehead atoms. The number of carbonyl (C=O) groups is 1. The molecule has 6 nitrogen and oxygen atoms in total. The first kappa shape index (κ1) is 22.1. The van der Waals surface area contributed by atoms with Crippen LogP contribution in [0.4, 0.5) is 13.2 Å². The van der Waals surface area contributed by atoms with Crippen molar-refractivity contribution in [1.29, 1.82) is 0 Å². The van der Waals surface area contributed by atoms with Gasteiger partial charge in [-0.2, -0.15) is 18.3 Å². The zero-order chi connectivity index (χ0) is 22.4. The van der Waals surface area contributed by atoms with Crippen LogP contribution in [0, 0.1) is 0 Å². The summed E-state index contributed by atoms with van der Waals surface area (Å²) in [5.41, 5.74) is 4.50. The number of H-pyrrole nitrogens is 1. The first-order chi connectivity index (χ1) is 14.8. The molecule has 3 heterocycles. The van der Waals surface area contributed by atoms with Gasteiger partial charge in [-0.15, -0.1) is 0 Å². The van der Waals surface area contributed by atoms with Crippen molar-refractivity contribution in [2.24, 2.45) is 0 Å². The van der Waals surface area contributed by atoms with Gasteiger partial charge in [-0.05, 0) is 29.7 Å². The fraction of sp³-hybridized carbons (Fsp3) is 0.227. The molecule has 1 aromatic carbocycles. The second kappa shape index (κ2) is 9.46. The van der Waals surface area contributed by atoms with Crippen LogP contribution >= 0.6 is 0 Å². The number of halogens is 3. The van der Waals surface area contributed by atoms with Gasteiger partial charge in [-0.25, -0.2) is 9.78 Å². The summed E-state index contributed by atoms with van der Waals surface area (Å²) in [4.78, 5) is 16.4. The van der Waals surface area contributed by atoms with Gasteiger partial charge >= 0.3 is 12.1 Å². The molecule has 0 saturated carbocycles. The van der Waals surface area contributed by atoms with Crippen LogP contribution in [0.5, 0.6) is 0 Å². The number of aromatic nitrogens is 4. The lowest BCUT2D eigenvalue weighted by Gasteiger charge is -2.17. The summed E-state index contributed by atoms with van der Waals surface area (Å²) in [6, 6.07) is 15.0. The Morgan fingerprint density at radius 2 is 1.90 bits per heavy atom. The fourth-order valence-corrected chi connectivity index (χ4v) is 3.26. The third kappa shape index (κ3) is 5.30. The number of nitrogens with zero attached hydrogens (tertiary/aromatic N) is 3. The predicted molar refractivity (Wildman–Crippen MR) is 110 cm³/mol. The minimum Gasteiger partial charge on any atom is -0.475 e. The molecule has 0 saturated heterocycles. The molecule has 2 N–H and O–H groups in total. The number of carboxylic acids is 1. The van der Waals surface area contributed by atoms with Crippen LogP contribution in [0.3, 0.4) is 0 Å². The van der Waals surface area contributed by atoms with Crippen molar-refractivity contribution in [1.82, 2.24) is 19.7 Å². The number of pyridine rings is 1. The second-order valence-corrected chi connectivity index (χ2v) is 6.83. The Hall–Kier alpha value is -3.62. The Morgan fingerprint density at radius 3 is 2.55 bits per heavy atom. The molecule has 4 rings (SSSR count). The van der Waals surface area contributed by atoms with E-state index in [2.05, 4.69) is 75.3 Å². The summed E-state index contributed by atoms with van der Waals surface area (Å²) in [6.45, 7) is 2.21. The van der Waals surface area contributed by atoms with E-state index in [-0.39, 0.29) is 6.04 Å². The van der Waals surface area contributed by atoms with E-state index in [1.807, 2.05) is 18.6 Å². The lowest BCUT2D eigenvalue weighted by molar-refractivity contribution is -0.192. The van der Waals surface area contributed by atoms with Crippen LogP contribution in [-0.4, -0.2) is 37.0 Å². The van der Waals surface area contributed by atoms with Gasteiger partial charge in [-0.1, -0.05) is 43.7 Å². The molecule has 0 amide bonds. The molecule has 0 aliphatic heterocycles. The number of nitrogens with one attached hydrogen (secondary N) is 1. The quantitative estimate of drug-likeness (QED) is 0.441. The molecular weight excluding hydrogens is 409 g/mol. The van der Waals surface area contributed by atoms with E-state index >= 15 is 0 Å². The highest BCUT2D eigenvalue weighted by molar-refractivity contribution is 5.92. The van der Waals surface area contributed by atoms with Crippen molar-refractivity contribution < 1.29 is 23.1 Å². The molecule has 0 spiro atoms. The number of hydrogen-bond acceptors (Lipinski definition) is 3. The molecule has 0 unspecified atom stereocenters. The third-order valence-electron chi connectivity index (χ3n) is 4.68. The highest BCUT2D eigenvalue weighted by Gasteiger charge is 2.38. The smallest absolute Gasteiger partial charge is 0.475 e. The summed E-state index contributed by atoms with van der Waals surface area (Å²) in [5.74, 6) is -2.76. The van der Waals surface area contributed by atoms with E-state index in [9.17, 15) is 13.2 Å². The third-order valence-corrected chi connectivity index (χ3v) is 4.68. The Morgan fingerprint density at radius 1 is 1.19 bits per heavy atom. The first-order valence-electron chi connectivity index (χ1n) is 9.63. The van der Waals surface area contributed by atoms with Gasteiger partial charge in [0.2, 0.25) is 0 Å². The van der Waals surface area contributed by atoms with Gasteiger partial charge in [-0.3, -0.25) is 4.68 Å². The Bertz CT molecular complexity index is 1140. The van der Waals surface area contributed by atoms with Crippen LogP contribution < -0.4 is 0 Å². The molecule has 0 fully saturated rings. The largest absolute Gasteiger partial charge is 0.490 e. The Labute approximate surface area is 176 Å². The topological polar surface area (TPSA) is 83.8 Å². The van der Waals surface area contributed by atoms with E-state index in [0.29, 0.717) is 0 Å². The van der Waals surface area contributed by atoms with Gasteiger partial charge in [0.1, 0.15) is 5.65 Å². The van der Waals surface area contributed by atoms with Gasteiger partial charge in [0.15, 0.2) is 0 Å². The number of carboxylic acid groups (broad SMARTS) is 1. The summed E-state index contributed by atoms with van der Waals surface area (Å²) < 4.78 is 33.8. The molecule has 0 radical (unpaired) electrons. The number of aromatic amines is 1. The molecular formula is C22H21F3N4O2. The molecule has 162 valence electrons. The molecule has 4 aromatic rings.